The Labute approximate surface area is 182 Å². The third kappa shape index (κ3) is 7.37. The number of aliphatic hydroxyl groups is 1. The fourth-order valence-electron chi connectivity index (χ4n) is 2.75. The summed E-state index contributed by atoms with van der Waals surface area (Å²) in [6.45, 7) is 2.67. The molecule has 0 radical (unpaired) electrons. The van der Waals surface area contributed by atoms with Crippen molar-refractivity contribution in [2.75, 3.05) is 22.4 Å². The molecule has 0 heterocycles. The van der Waals surface area contributed by atoms with Crippen LogP contribution in [-0.4, -0.2) is 31.7 Å². The molecule has 0 saturated carbocycles. The number of rotatable bonds is 10. The van der Waals surface area contributed by atoms with Gasteiger partial charge >= 0.3 is 0 Å². The van der Waals surface area contributed by atoms with Crippen LogP contribution in [0.5, 0.6) is 0 Å². The van der Waals surface area contributed by atoms with Crippen LogP contribution in [0.4, 0.5) is 5.69 Å². The quantitative estimate of drug-likeness (QED) is 0.299. The highest BCUT2D eigenvalue weighted by atomic mass is 79.9. The summed E-state index contributed by atoms with van der Waals surface area (Å²) in [5.74, 6) is 0. The largest absolute Gasteiger partial charge is 0.372 e. The Morgan fingerprint density at radius 3 is 2.21 bits per heavy atom. The smallest absolute Gasteiger partial charge is 0.232 e. The van der Waals surface area contributed by atoms with E-state index in [0.717, 1.165) is 23.7 Å². The van der Waals surface area contributed by atoms with Crippen LogP contribution in [0.2, 0.25) is 0 Å². The first-order chi connectivity index (χ1) is 12.7. The summed E-state index contributed by atoms with van der Waals surface area (Å²) in [7, 11) is -3.43. The van der Waals surface area contributed by atoms with Crippen molar-refractivity contribution in [3.63, 3.8) is 0 Å². The topological polar surface area (TPSA) is 69.6 Å². The Kier molecular flexibility index (Phi) is 9.94. The zero-order chi connectivity index (χ0) is 19.9. The van der Waals surface area contributed by atoms with Crippen LogP contribution < -0.4 is 9.62 Å². The molecule has 0 aromatic heterocycles. The minimum atomic E-state index is -3.43. The predicted octanol–water partition coefficient (Wildman–Crippen LogP) is 4.00. The van der Waals surface area contributed by atoms with E-state index in [4.69, 9.17) is 0 Å². The van der Waals surface area contributed by atoms with Gasteiger partial charge in [0.2, 0.25) is 10.0 Å². The molecule has 0 bridgehead atoms. The number of nitrogens with zero attached hydrogens (tertiary/aromatic N) is 1. The molecule has 0 spiro atoms. The molecule has 2 aromatic rings. The van der Waals surface area contributed by atoms with E-state index in [9.17, 15) is 13.5 Å². The van der Waals surface area contributed by atoms with Gasteiger partial charge in [-0.1, -0.05) is 58.4 Å². The van der Waals surface area contributed by atoms with E-state index >= 15 is 0 Å². The number of halogens is 2. The summed E-state index contributed by atoms with van der Waals surface area (Å²) in [5.41, 5.74) is 1.01. The summed E-state index contributed by atoms with van der Waals surface area (Å²) < 4.78 is 25.9. The molecule has 156 valence electrons. The normalized spacial score (nSPS) is 13.4. The van der Waals surface area contributed by atoms with Crippen molar-refractivity contribution in [3.05, 3.63) is 65.7 Å². The maximum Gasteiger partial charge on any atom is 0.232 e. The lowest BCUT2D eigenvalue weighted by Crippen LogP contribution is -2.40. The van der Waals surface area contributed by atoms with Gasteiger partial charge in [-0.15, -0.1) is 12.4 Å². The summed E-state index contributed by atoms with van der Waals surface area (Å²) in [4.78, 5) is 0. The van der Waals surface area contributed by atoms with Gasteiger partial charge in [0.05, 0.1) is 18.5 Å². The molecule has 2 aromatic carbocycles. The number of anilines is 1. The lowest BCUT2D eigenvalue weighted by Gasteiger charge is -2.27. The van der Waals surface area contributed by atoms with Crippen molar-refractivity contribution in [1.82, 2.24) is 5.32 Å². The molecule has 2 rings (SSSR count). The van der Waals surface area contributed by atoms with E-state index in [1.165, 1.54) is 10.6 Å². The van der Waals surface area contributed by atoms with Crippen LogP contribution >= 0.6 is 28.3 Å². The maximum atomic E-state index is 12.3. The second kappa shape index (κ2) is 11.2. The number of hydrogen-bond donors (Lipinski definition) is 2. The van der Waals surface area contributed by atoms with Gasteiger partial charge in [0.25, 0.3) is 0 Å². The van der Waals surface area contributed by atoms with Crippen molar-refractivity contribution >= 4 is 44.0 Å². The third-order valence-corrected chi connectivity index (χ3v) is 6.02. The Hall–Kier alpha value is -1.12. The number of benzene rings is 2. The lowest BCUT2D eigenvalue weighted by molar-refractivity contribution is 0.0200. The van der Waals surface area contributed by atoms with E-state index in [-0.39, 0.29) is 19.0 Å². The second-order valence-corrected chi connectivity index (χ2v) is 9.40. The van der Waals surface area contributed by atoms with Gasteiger partial charge < -0.3 is 5.11 Å². The molecule has 1 atom stereocenters. The number of hydrogen-bond acceptors (Lipinski definition) is 4. The van der Waals surface area contributed by atoms with Crippen molar-refractivity contribution in [2.24, 2.45) is 0 Å². The highest BCUT2D eigenvalue weighted by Gasteiger charge is 2.23. The summed E-state index contributed by atoms with van der Waals surface area (Å²) in [6, 6.07) is 16.4. The van der Waals surface area contributed by atoms with Crippen molar-refractivity contribution < 1.29 is 13.5 Å². The molecule has 0 aliphatic heterocycles. The lowest BCUT2D eigenvalue weighted by atomic mass is 10.0. The highest BCUT2D eigenvalue weighted by molar-refractivity contribution is 9.09. The van der Waals surface area contributed by atoms with Crippen LogP contribution in [0, 0.1) is 0 Å². The molecule has 0 amide bonds. The van der Waals surface area contributed by atoms with Gasteiger partial charge in [0.15, 0.2) is 0 Å². The fourth-order valence-corrected chi connectivity index (χ4v) is 4.04. The van der Waals surface area contributed by atoms with E-state index in [2.05, 4.69) is 21.2 Å². The standard InChI is InChI=1S/C20H27BrN2O3S.ClH/c1-20(24,22-15-7-6-14-21)18-10-12-19(13-11-18)23(27(2,25)26)16-17-8-4-3-5-9-17;/h3-5,8-13,22,24H,6-7,14-16H2,1-2H3;1H/t20-;/m1./s1. The van der Waals surface area contributed by atoms with E-state index in [1.54, 1.807) is 31.2 Å². The van der Waals surface area contributed by atoms with Crippen molar-refractivity contribution in [3.8, 4) is 0 Å². The first-order valence-corrected chi connectivity index (χ1v) is 11.9. The molecule has 28 heavy (non-hydrogen) atoms. The van der Waals surface area contributed by atoms with E-state index in [1.807, 2.05) is 30.3 Å². The van der Waals surface area contributed by atoms with Gasteiger partial charge in [-0.2, -0.15) is 0 Å². The minimum absolute atomic E-state index is 0. The van der Waals surface area contributed by atoms with Crippen LogP contribution in [0.15, 0.2) is 54.6 Å². The SMILES string of the molecule is C[C@](O)(NCCCCBr)c1ccc(N(Cc2ccccc2)S(C)(=O)=O)cc1.Cl. The van der Waals surface area contributed by atoms with Crippen LogP contribution in [0.1, 0.15) is 30.9 Å². The molecule has 0 saturated heterocycles. The Bertz CT molecular complexity index is 815. The maximum absolute atomic E-state index is 12.3. The molecule has 0 aliphatic rings. The monoisotopic (exact) mass is 490 g/mol. The van der Waals surface area contributed by atoms with Gasteiger partial charge in [-0.25, -0.2) is 8.42 Å². The van der Waals surface area contributed by atoms with Gasteiger partial charge in [-0.3, -0.25) is 9.62 Å². The Balaban J connectivity index is 0.00000392. The fraction of sp³-hybridized carbons (Fsp3) is 0.400. The average Bonchev–Trinajstić information content (AvgIpc) is 2.63. The molecular formula is C20H28BrClN2O3S. The van der Waals surface area contributed by atoms with Crippen LogP contribution in [-0.2, 0) is 22.3 Å². The van der Waals surface area contributed by atoms with E-state index < -0.39 is 15.7 Å². The van der Waals surface area contributed by atoms with E-state index in [0.29, 0.717) is 17.8 Å². The molecule has 8 heteroatoms. The van der Waals surface area contributed by atoms with Gasteiger partial charge in [0, 0.05) is 5.33 Å². The highest BCUT2D eigenvalue weighted by Crippen LogP contribution is 2.25. The first kappa shape index (κ1) is 24.9. The average molecular weight is 492 g/mol. The Morgan fingerprint density at radius 1 is 1.07 bits per heavy atom. The predicted molar refractivity (Wildman–Crippen MR) is 122 cm³/mol. The molecule has 0 fully saturated rings. The third-order valence-electron chi connectivity index (χ3n) is 4.32. The first-order valence-electron chi connectivity index (χ1n) is 8.89. The second-order valence-electron chi connectivity index (χ2n) is 6.70. The summed E-state index contributed by atoms with van der Waals surface area (Å²) in [6.07, 6.45) is 3.19. The number of nitrogens with one attached hydrogen (secondary N) is 1. The molecule has 0 aliphatic carbocycles. The van der Waals surface area contributed by atoms with Crippen LogP contribution in [0.25, 0.3) is 0 Å². The number of unbranched alkanes of at least 4 members (excludes halogenated alkanes) is 1. The number of alkyl halides is 1. The van der Waals surface area contributed by atoms with Gasteiger partial charge in [0.1, 0.15) is 5.72 Å². The van der Waals surface area contributed by atoms with Crippen molar-refractivity contribution in [2.45, 2.75) is 32.0 Å². The molecule has 2 N–H and O–H groups in total. The number of sulfonamides is 1. The molecule has 0 unspecified atom stereocenters. The molecule has 5 nitrogen and oxygen atoms in total. The zero-order valence-electron chi connectivity index (χ0n) is 16.1. The van der Waals surface area contributed by atoms with Crippen LogP contribution in [0.3, 0.4) is 0 Å². The summed E-state index contributed by atoms with van der Waals surface area (Å²) in [5, 5.41) is 14.7. The minimum Gasteiger partial charge on any atom is -0.372 e. The Morgan fingerprint density at radius 2 is 1.68 bits per heavy atom. The summed E-state index contributed by atoms with van der Waals surface area (Å²) >= 11 is 3.39. The van der Waals surface area contributed by atoms with Crippen molar-refractivity contribution in [1.29, 1.82) is 0 Å². The zero-order valence-corrected chi connectivity index (χ0v) is 19.4. The van der Waals surface area contributed by atoms with Gasteiger partial charge in [-0.05, 0) is 49.6 Å². The molecular weight excluding hydrogens is 464 g/mol.